The van der Waals surface area contributed by atoms with Crippen LogP contribution in [0.5, 0.6) is 5.75 Å². The van der Waals surface area contributed by atoms with E-state index in [0.29, 0.717) is 34.8 Å². The van der Waals surface area contributed by atoms with E-state index in [-0.39, 0.29) is 11.4 Å². The van der Waals surface area contributed by atoms with Crippen LogP contribution < -0.4 is 9.04 Å². The Morgan fingerprint density at radius 3 is 2.74 bits per heavy atom. The van der Waals surface area contributed by atoms with Gasteiger partial charge >= 0.3 is 0 Å². The van der Waals surface area contributed by atoms with E-state index in [1.54, 1.807) is 32.0 Å². The maximum atomic E-state index is 13.1. The van der Waals surface area contributed by atoms with Crippen molar-refractivity contribution in [2.45, 2.75) is 31.3 Å². The number of ether oxygens (including phenoxy) is 1. The Labute approximate surface area is 134 Å². The molecular weight excluding hydrogens is 318 g/mol. The Balaban J connectivity index is 2.14. The highest BCUT2D eigenvalue weighted by Gasteiger charge is 2.35. The van der Waals surface area contributed by atoms with E-state index < -0.39 is 16.1 Å². The largest absolute Gasteiger partial charge is 0.497 e. The number of aliphatic hydroxyl groups is 1. The van der Waals surface area contributed by atoms with Crippen molar-refractivity contribution < 1.29 is 18.3 Å². The summed E-state index contributed by atoms with van der Waals surface area (Å²) in [6, 6.07) is 5.03. The number of aryl methyl sites for hydroxylation is 2. The summed E-state index contributed by atoms with van der Waals surface area (Å²) < 4.78 is 32.6. The predicted molar refractivity (Wildman–Crippen MR) is 85.2 cm³/mol. The maximum Gasteiger partial charge on any atom is 0.267 e. The molecule has 0 saturated heterocycles. The number of rotatable bonds is 3. The number of aromatic amines is 1. The number of aliphatic hydroxyl groups excluding tert-OH is 1. The quantitative estimate of drug-likeness (QED) is 0.888. The summed E-state index contributed by atoms with van der Waals surface area (Å²) in [6.45, 7) is 3.55. The van der Waals surface area contributed by atoms with Crippen LogP contribution in [-0.4, -0.2) is 37.4 Å². The normalized spacial score (nSPS) is 17.9. The first-order chi connectivity index (χ1) is 10.9. The van der Waals surface area contributed by atoms with E-state index in [0.717, 1.165) is 0 Å². The molecule has 0 spiro atoms. The number of aromatic nitrogens is 2. The summed E-state index contributed by atoms with van der Waals surface area (Å²) in [5.74, 6) is 0.581. The van der Waals surface area contributed by atoms with Gasteiger partial charge in [-0.05, 0) is 38.5 Å². The Hall–Kier alpha value is -2.06. The predicted octanol–water partition coefficient (Wildman–Crippen LogP) is 1.67. The SMILES string of the molecule is COc1ccc2c(c1)C(O)CCN2S(=O)(=O)c1c(C)n[nH]c1C. The molecule has 1 unspecified atom stereocenters. The van der Waals surface area contributed by atoms with E-state index in [9.17, 15) is 13.5 Å². The van der Waals surface area contributed by atoms with Gasteiger partial charge in [0.2, 0.25) is 0 Å². The molecule has 0 aliphatic carbocycles. The second kappa shape index (κ2) is 5.54. The third-order valence-electron chi connectivity index (χ3n) is 4.08. The molecular formula is C15H19N3O4S. The zero-order chi connectivity index (χ0) is 16.8. The van der Waals surface area contributed by atoms with Gasteiger partial charge < -0.3 is 9.84 Å². The molecule has 8 heteroatoms. The van der Waals surface area contributed by atoms with Gasteiger partial charge in [-0.3, -0.25) is 9.40 Å². The molecule has 1 aromatic carbocycles. The molecule has 124 valence electrons. The molecule has 1 aliphatic heterocycles. The van der Waals surface area contributed by atoms with Crippen LogP contribution in [0.1, 0.15) is 29.5 Å². The van der Waals surface area contributed by atoms with E-state index in [1.165, 1.54) is 11.4 Å². The van der Waals surface area contributed by atoms with Gasteiger partial charge in [0.15, 0.2) is 0 Å². The lowest BCUT2D eigenvalue weighted by atomic mass is 10.0. The molecule has 7 nitrogen and oxygen atoms in total. The van der Waals surface area contributed by atoms with Crippen molar-refractivity contribution in [2.75, 3.05) is 18.0 Å². The lowest BCUT2D eigenvalue weighted by molar-refractivity contribution is 0.166. The van der Waals surface area contributed by atoms with Crippen molar-refractivity contribution in [3.05, 3.63) is 35.2 Å². The minimum absolute atomic E-state index is 0.190. The van der Waals surface area contributed by atoms with Crippen LogP contribution in [0.3, 0.4) is 0 Å². The average molecular weight is 337 g/mol. The van der Waals surface area contributed by atoms with Gasteiger partial charge in [0.25, 0.3) is 10.0 Å². The molecule has 3 rings (SSSR count). The Bertz CT molecular complexity index is 825. The summed E-state index contributed by atoms with van der Waals surface area (Å²) in [4.78, 5) is 0.190. The van der Waals surface area contributed by atoms with E-state index in [2.05, 4.69) is 10.2 Å². The van der Waals surface area contributed by atoms with Crippen LogP contribution in [0.4, 0.5) is 5.69 Å². The zero-order valence-corrected chi connectivity index (χ0v) is 14.0. The lowest BCUT2D eigenvalue weighted by Crippen LogP contribution is -2.37. The van der Waals surface area contributed by atoms with Crippen molar-refractivity contribution in [3.8, 4) is 5.75 Å². The minimum atomic E-state index is -3.75. The average Bonchev–Trinajstić information content (AvgIpc) is 2.86. The highest BCUT2D eigenvalue weighted by atomic mass is 32.2. The number of nitrogens with one attached hydrogen (secondary N) is 1. The zero-order valence-electron chi connectivity index (χ0n) is 13.2. The first-order valence-electron chi connectivity index (χ1n) is 7.26. The molecule has 23 heavy (non-hydrogen) atoms. The summed E-state index contributed by atoms with van der Waals surface area (Å²) >= 11 is 0. The van der Waals surface area contributed by atoms with Gasteiger partial charge in [0.05, 0.1) is 30.3 Å². The molecule has 0 radical (unpaired) electrons. The fraction of sp³-hybridized carbons (Fsp3) is 0.400. The fourth-order valence-corrected chi connectivity index (χ4v) is 4.79. The lowest BCUT2D eigenvalue weighted by Gasteiger charge is -2.33. The minimum Gasteiger partial charge on any atom is -0.497 e. The van der Waals surface area contributed by atoms with Crippen LogP contribution in [0, 0.1) is 13.8 Å². The van der Waals surface area contributed by atoms with E-state index in [1.807, 2.05) is 0 Å². The molecule has 2 aromatic rings. The monoisotopic (exact) mass is 337 g/mol. The van der Waals surface area contributed by atoms with Gasteiger partial charge in [-0.15, -0.1) is 0 Å². The number of sulfonamides is 1. The van der Waals surface area contributed by atoms with Crippen molar-refractivity contribution in [1.82, 2.24) is 10.2 Å². The van der Waals surface area contributed by atoms with Gasteiger partial charge in [-0.25, -0.2) is 8.42 Å². The van der Waals surface area contributed by atoms with Gasteiger partial charge in [-0.2, -0.15) is 5.10 Å². The number of nitrogens with zero attached hydrogens (tertiary/aromatic N) is 2. The third kappa shape index (κ3) is 2.47. The van der Waals surface area contributed by atoms with Crippen molar-refractivity contribution in [3.63, 3.8) is 0 Å². The summed E-state index contributed by atoms with van der Waals surface area (Å²) in [6.07, 6.45) is -0.381. The molecule has 0 fully saturated rings. The van der Waals surface area contributed by atoms with Gasteiger partial charge in [0, 0.05) is 12.1 Å². The third-order valence-corrected chi connectivity index (χ3v) is 6.15. The summed E-state index contributed by atoms with van der Waals surface area (Å²) in [5, 5.41) is 16.9. The molecule has 0 bridgehead atoms. The number of methoxy groups -OCH3 is 1. The number of fused-ring (bicyclic) bond motifs is 1. The molecule has 1 aliphatic rings. The smallest absolute Gasteiger partial charge is 0.267 e. The van der Waals surface area contributed by atoms with Gasteiger partial charge in [-0.1, -0.05) is 0 Å². The fourth-order valence-electron chi connectivity index (χ4n) is 2.95. The summed E-state index contributed by atoms with van der Waals surface area (Å²) in [7, 11) is -2.22. The molecule has 2 heterocycles. The number of H-pyrrole nitrogens is 1. The maximum absolute atomic E-state index is 13.1. The van der Waals surface area contributed by atoms with Crippen LogP contribution in [0.25, 0.3) is 0 Å². The highest BCUT2D eigenvalue weighted by molar-refractivity contribution is 7.93. The number of benzene rings is 1. The summed E-state index contributed by atoms with van der Waals surface area (Å²) in [5.41, 5.74) is 1.97. The Morgan fingerprint density at radius 2 is 2.13 bits per heavy atom. The first-order valence-corrected chi connectivity index (χ1v) is 8.70. The molecule has 0 saturated carbocycles. The standard InChI is InChI=1S/C15H19N3O4S/c1-9-15(10(2)17-16-9)23(20,21)18-7-6-14(19)12-8-11(22-3)4-5-13(12)18/h4-5,8,14,19H,6-7H2,1-3H3,(H,16,17). The van der Waals surface area contributed by atoms with Crippen LogP contribution in [-0.2, 0) is 10.0 Å². The van der Waals surface area contributed by atoms with Crippen molar-refractivity contribution >= 4 is 15.7 Å². The number of hydrogen-bond donors (Lipinski definition) is 2. The Kier molecular flexibility index (Phi) is 3.81. The molecule has 1 aromatic heterocycles. The molecule has 0 amide bonds. The topological polar surface area (TPSA) is 95.5 Å². The molecule has 2 N–H and O–H groups in total. The van der Waals surface area contributed by atoms with Crippen molar-refractivity contribution in [1.29, 1.82) is 0 Å². The first kappa shape index (κ1) is 15.8. The van der Waals surface area contributed by atoms with E-state index in [4.69, 9.17) is 4.74 Å². The number of hydrogen-bond acceptors (Lipinski definition) is 5. The highest BCUT2D eigenvalue weighted by Crippen LogP contribution is 2.39. The van der Waals surface area contributed by atoms with Crippen LogP contribution >= 0.6 is 0 Å². The van der Waals surface area contributed by atoms with Gasteiger partial charge in [0.1, 0.15) is 10.6 Å². The van der Waals surface area contributed by atoms with E-state index >= 15 is 0 Å². The second-order valence-electron chi connectivity index (χ2n) is 5.57. The molecule has 1 atom stereocenters. The second-order valence-corrected chi connectivity index (χ2v) is 7.37. The Morgan fingerprint density at radius 1 is 1.39 bits per heavy atom. The van der Waals surface area contributed by atoms with Crippen LogP contribution in [0.15, 0.2) is 23.1 Å². The van der Waals surface area contributed by atoms with Crippen LogP contribution in [0.2, 0.25) is 0 Å². The van der Waals surface area contributed by atoms with Crippen molar-refractivity contribution in [2.24, 2.45) is 0 Å². The number of anilines is 1.